The highest BCUT2D eigenvalue weighted by molar-refractivity contribution is 8.18. The van der Waals surface area contributed by atoms with Gasteiger partial charge in [0.05, 0.1) is 31.8 Å². The van der Waals surface area contributed by atoms with E-state index in [1.165, 1.54) is 27.4 Å². The zero-order valence-electron chi connectivity index (χ0n) is 19.7. The predicted molar refractivity (Wildman–Crippen MR) is 136 cm³/mol. The van der Waals surface area contributed by atoms with Gasteiger partial charge in [0, 0.05) is 30.1 Å². The lowest BCUT2D eigenvalue weighted by Crippen LogP contribution is -2.37. The van der Waals surface area contributed by atoms with Crippen molar-refractivity contribution in [2.75, 3.05) is 34.4 Å². The number of aromatic nitrogens is 1. The van der Waals surface area contributed by atoms with Crippen LogP contribution in [0.15, 0.2) is 52.2 Å². The molecule has 1 aliphatic heterocycles. The Balaban J connectivity index is 1.46. The molecule has 1 saturated heterocycles. The number of H-pyrrole nitrogens is 1. The molecule has 0 spiro atoms. The number of pyridine rings is 1. The second-order valence-corrected chi connectivity index (χ2v) is 8.63. The molecule has 2 heterocycles. The van der Waals surface area contributed by atoms with Gasteiger partial charge in [-0.15, -0.1) is 0 Å². The number of ether oxygens (including phenoxy) is 3. The summed E-state index contributed by atoms with van der Waals surface area (Å²) >= 11 is 0.800. The average molecular weight is 510 g/mol. The number of benzene rings is 2. The Kier molecular flexibility index (Phi) is 7.30. The van der Waals surface area contributed by atoms with Crippen LogP contribution in [0.2, 0.25) is 0 Å². The molecule has 1 fully saturated rings. The van der Waals surface area contributed by atoms with Crippen LogP contribution in [0.4, 0.5) is 4.79 Å². The van der Waals surface area contributed by atoms with Gasteiger partial charge in [0.2, 0.25) is 11.3 Å². The van der Waals surface area contributed by atoms with Crippen molar-refractivity contribution in [1.29, 1.82) is 0 Å². The van der Waals surface area contributed by atoms with E-state index in [1.807, 2.05) is 0 Å². The van der Waals surface area contributed by atoms with E-state index < -0.39 is 22.6 Å². The van der Waals surface area contributed by atoms with Gasteiger partial charge in [-0.2, -0.15) is 0 Å². The van der Waals surface area contributed by atoms with Crippen LogP contribution < -0.4 is 25.1 Å². The lowest BCUT2D eigenvalue weighted by atomic mass is 10.1. The minimum atomic E-state index is -0.477. The first-order valence-corrected chi connectivity index (χ1v) is 11.6. The predicted octanol–water partition coefficient (Wildman–Crippen LogP) is 3.02. The number of methoxy groups -OCH3 is 3. The largest absolute Gasteiger partial charge is 0.493 e. The summed E-state index contributed by atoms with van der Waals surface area (Å²) in [5.74, 6) is 0.288. The first-order chi connectivity index (χ1) is 17.4. The molecule has 11 heteroatoms. The first-order valence-electron chi connectivity index (χ1n) is 10.8. The van der Waals surface area contributed by atoms with Gasteiger partial charge >= 0.3 is 0 Å². The number of aromatic amines is 1. The number of fused-ring (bicyclic) bond motifs is 1. The molecule has 0 unspecified atom stereocenters. The van der Waals surface area contributed by atoms with Crippen molar-refractivity contribution in [3.05, 3.63) is 68.9 Å². The van der Waals surface area contributed by atoms with E-state index >= 15 is 0 Å². The Bertz CT molecular complexity index is 1420. The fourth-order valence-corrected chi connectivity index (χ4v) is 4.66. The fourth-order valence-electron chi connectivity index (χ4n) is 3.80. The third kappa shape index (κ3) is 4.91. The second kappa shape index (κ2) is 10.6. The van der Waals surface area contributed by atoms with Crippen molar-refractivity contribution in [2.45, 2.75) is 0 Å². The maximum atomic E-state index is 12.9. The van der Waals surface area contributed by atoms with Crippen LogP contribution in [-0.4, -0.2) is 61.4 Å². The van der Waals surface area contributed by atoms with Crippen LogP contribution in [0.1, 0.15) is 15.9 Å². The average Bonchev–Trinajstić information content (AvgIpc) is 3.14. The number of imide groups is 1. The molecule has 0 bridgehead atoms. The minimum Gasteiger partial charge on any atom is -0.493 e. The molecular formula is C25H23N3O7S. The van der Waals surface area contributed by atoms with Gasteiger partial charge < -0.3 is 24.5 Å². The Hall–Kier alpha value is -4.25. The number of carbonyl (C=O) groups excluding carboxylic acids is 3. The quantitative estimate of drug-likeness (QED) is 0.444. The van der Waals surface area contributed by atoms with Crippen LogP contribution >= 0.6 is 11.8 Å². The molecule has 3 amide bonds. The van der Waals surface area contributed by atoms with Crippen molar-refractivity contribution in [1.82, 2.24) is 15.2 Å². The number of para-hydroxylation sites is 1. The number of hydrogen-bond donors (Lipinski definition) is 2. The Labute approximate surface area is 210 Å². The summed E-state index contributed by atoms with van der Waals surface area (Å²) in [6, 6.07) is 11.5. The highest BCUT2D eigenvalue weighted by Crippen LogP contribution is 2.40. The number of rotatable bonds is 8. The van der Waals surface area contributed by atoms with Gasteiger partial charge in [0.15, 0.2) is 11.5 Å². The number of carbonyl (C=O) groups is 3. The topological polar surface area (TPSA) is 127 Å². The molecule has 0 saturated carbocycles. The van der Waals surface area contributed by atoms with E-state index in [-0.39, 0.29) is 23.6 Å². The van der Waals surface area contributed by atoms with Crippen LogP contribution in [-0.2, 0) is 4.79 Å². The Morgan fingerprint density at radius 1 is 1.03 bits per heavy atom. The number of thioether (sulfide) groups is 1. The van der Waals surface area contributed by atoms with Crippen LogP contribution in [0.3, 0.4) is 0 Å². The molecule has 36 heavy (non-hydrogen) atoms. The normalized spacial score (nSPS) is 14.4. The van der Waals surface area contributed by atoms with Crippen molar-refractivity contribution < 1.29 is 28.6 Å². The molecule has 4 rings (SSSR count). The molecule has 2 N–H and O–H groups in total. The standard InChI is InChI=1S/C25H23N3O7S/c1-33-18-10-14(11-19(34-2)22(18)35-3)12-20-24(31)28(25(32)36-20)9-8-26-23(30)16-13-21(29)27-17-7-5-4-6-15(16)17/h4-7,10-13H,8-9H2,1-3H3,(H,26,30)(H,27,29)/b20-12+. The highest BCUT2D eigenvalue weighted by Gasteiger charge is 2.35. The molecular weight excluding hydrogens is 486 g/mol. The Morgan fingerprint density at radius 3 is 2.39 bits per heavy atom. The Morgan fingerprint density at radius 2 is 1.72 bits per heavy atom. The number of nitrogens with zero attached hydrogens (tertiary/aromatic N) is 1. The third-order valence-electron chi connectivity index (χ3n) is 5.47. The smallest absolute Gasteiger partial charge is 0.293 e. The van der Waals surface area contributed by atoms with E-state index in [4.69, 9.17) is 14.2 Å². The summed E-state index contributed by atoms with van der Waals surface area (Å²) in [7, 11) is 4.46. The third-order valence-corrected chi connectivity index (χ3v) is 6.38. The van der Waals surface area contributed by atoms with Gasteiger partial charge in [0.1, 0.15) is 0 Å². The van der Waals surface area contributed by atoms with Crippen molar-refractivity contribution in [2.24, 2.45) is 0 Å². The molecule has 10 nitrogen and oxygen atoms in total. The molecule has 186 valence electrons. The van der Waals surface area contributed by atoms with Crippen molar-refractivity contribution in [3.8, 4) is 17.2 Å². The van der Waals surface area contributed by atoms with Gasteiger partial charge in [-0.3, -0.25) is 24.1 Å². The lowest BCUT2D eigenvalue weighted by molar-refractivity contribution is -0.122. The molecule has 3 aromatic rings. The summed E-state index contributed by atoms with van der Waals surface area (Å²) in [4.78, 5) is 54.0. The molecule has 1 aromatic heterocycles. The van der Waals surface area contributed by atoms with E-state index in [2.05, 4.69) is 10.3 Å². The molecule has 1 aliphatic rings. The van der Waals surface area contributed by atoms with E-state index in [9.17, 15) is 19.2 Å². The van der Waals surface area contributed by atoms with Gasteiger partial charge in [-0.05, 0) is 41.6 Å². The van der Waals surface area contributed by atoms with Crippen LogP contribution in [0, 0.1) is 0 Å². The molecule has 0 radical (unpaired) electrons. The second-order valence-electron chi connectivity index (χ2n) is 7.64. The maximum Gasteiger partial charge on any atom is 0.293 e. The SMILES string of the molecule is COc1cc(/C=C2/SC(=O)N(CCNC(=O)c3cc(=O)[nH]c4ccccc34)C2=O)cc(OC)c1OC. The first kappa shape index (κ1) is 24.9. The van der Waals surface area contributed by atoms with Crippen molar-refractivity contribution in [3.63, 3.8) is 0 Å². The summed E-state index contributed by atoms with van der Waals surface area (Å²) < 4.78 is 16.0. The summed E-state index contributed by atoms with van der Waals surface area (Å²) in [6.07, 6.45) is 1.57. The maximum absolute atomic E-state index is 12.9. The zero-order valence-corrected chi connectivity index (χ0v) is 20.6. The summed E-state index contributed by atoms with van der Waals surface area (Å²) in [5.41, 5.74) is 0.940. The molecule has 0 atom stereocenters. The van der Waals surface area contributed by atoms with Crippen LogP contribution in [0.25, 0.3) is 17.0 Å². The fraction of sp³-hybridized carbons (Fsp3) is 0.200. The summed E-state index contributed by atoms with van der Waals surface area (Å²) in [5, 5.41) is 2.82. The van der Waals surface area contributed by atoms with E-state index in [0.717, 1.165) is 16.7 Å². The summed E-state index contributed by atoms with van der Waals surface area (Å²) in [6.45, 7) is -0.000411. The highest BCUT2D eigenvalue weighted by atomic mass is 32.2. The van der Waals surface area contributed by atoms with E-state index in [0.29, 0.717) is 33.7 Å². The van der Waals surface area contributed by atoms with Gasteiger partial charge in [-0.1, -0.05) is 18.2 Å². The van der Waals surface area contributed by atoms with Crippen molar-refractivity contribution >= 4 is 45.8 Å². The number of amides is 3. The lowest BCUT2D eigenvalue weighted by Gasteiger charge is -2.14. The molecule has 0 aliphatic carbocycles. The minimum absolute atomic E-state index is 0.0233. The monoisotopic (exact) mass is 509 g/mol. The zero-order chi connectivity index (χ0) is 25.8. The number of nitrogens with one attached hydrogen (secondary N) is 2. The van der Waals surface area contributed by atoms with Crippen LogP contribution in [0.5, 0.6) is 17.2 Å². The number of hydrogen-bond acceptors (Lipinski definition) is 8. The van der Waals surface area contributed by atoms with Gasteiger partial charge in [0.25, 0.3) is 17.1 Å². The van der Waals surface area contributed by atoms with Gasteiger partial charge in [-0.25, -0.2) is 0 Å². The molecule has 2 aromatic carbocycles. The van der Waals surface area contributed by atoms with E-state index in [1.54, 1.807) is 42.5 Å².